The van der Waals surface area contributed by atoms with Crippen molar-refractivity contribution in [2.24, 2.45) is 0 Å². The number of likely N-dealkylation sites (tertiary alicyclic amines) is 1. The maximum absolute atomic E-state index is 13.7. The first-order chi connectivity index (χ1) is 10.6. The third kappa shape index (κ3) is 3.18. The Morgan fingerprint density at radius 2 is 1.73 bits per heavy atom. The summed E-state index contributed by atoms with van der Waals surface area (Å²) in [6.07, 6.45) is -0.146. The van der Waals surface area contributed by atoms with Crippen LogP contribution in [0.1, 0.15) is 29.6 Å². The lowest BCUT2D eigenvalue weighted by molar-refractivity contribution is 0.118. The molecular weight excluding hydrogens is 284 g/mol. The van der Waals surface area contributed by atoms with Crippen LogP contribution in [0.3, 0.4) is 0 Å². The predicted octanol–water partition coefficient (Wildman–Crippen LogP) is 3.49. The van der Waals surface area contributed by atoms with Gasteiger partial charge >= 0.3 is 0 Å². The van der Waals surface area contributed by atoms with Gasteiger partial charge in [0.15, 0.2) is 0 Å². The van der Waals surface area contributed by atoms with Crippen molar-refractivity contribution in [3.8, 4) is 0 Å². The summed E-state index contributed by atoms with van der Waals surface area (Å²) in [5.74, 6) is -0.962. The van der Waals surface area contributed by atoms with Crippen molar-refractivity contribution in [3.63, 3.8) is 0 Å². The van der Waals surface area contributed by atoms with Gasteiger partial charge in [-0.15, -0.1) is 0 Å². The molecule has 116 valence electrons. The quantitative estimate of drug-likeness (QED) is 0.934. The van der Waals surface area contributed by atoms with Gasteiger partial charge in [0.25, 0.3) is 0 Å². The van der Waals surface area contributed by atoms with E-state index < -0.39 is 17.7 Å². The molecule has 2 nitrogen and oxygen atoms in total. The molecule has 2 unspecified atom stereocenters. The normalized spacial score (nSPS) is 20.2. The number of benzene rings is 2. The molecule has 0 saturated carbocycles. The van der Waals surface area contributed by atoms with E-state index in [2.05, 4.69) is 17.0 Å². The van der Waals surface area contributed by atoms with Crippen LogP contribution in [0, 0.1) is 11.6 Å². The molecule has 4 heteroatoms. The zero-order valence-corrected chi connectivity index (χ0v) is 12.3. The van der Waals surface area contributed by atoms with Crippen molar-refractivity contribution < 1.29 is 13.9 Å². The number of hydrogen-bond acceptors (Lipinski definition) is 2. The Morgan fingerprint density at radius 3 is 2.41 bits per heavy atom. The van der Waals surface area contributed by atoms with Crippen molar-refractivity contribution in [1.29, 1.82) is 0 Å². The van der Waals surface area contributed by atoms with Crippen LogP contribution in [0.25, 0.3) is 0 Å². The summed E-state index contributed by atoms with van der Waals surface area (Å²) in [5, 5.41) is 10.2. The van der Waals surface area contributed by atoms with Crippen LogP contribution in [0.2, 0.25) is 0 Å². The van der Waals surface area contributed by atoms with Crippen molar-refractivity contribution >= 4 is 0 Å². The molecule has 1 aliphatic rings. The first kappa shape index (κ1) is 15.1. The van der Waals surface area contributed by atoms with E-state index in [9.17, 15) is 13.9 Å². The summed E-state index contributed by atoms with van der Waals surface area (Å²) >= 11 is 0. The van der Waals surface area contributed by atoms with Crippen LogP contribution in [0.15, 0.2) is 48.5 Å². The Balaban J connectivity index is 1.65. The minimum absolute atomic E-state index is 0.231. The van der Waals surface area contributed by atoms with Crippen LogP contribution in [0.4, 0.5) is 8.78 Å². The summed E-state index contributed by atoms with van der Waals surface area (Å²) in [5.41, 5.74) is 1.04. The molecule has 1 fully saturated rings. The summed E-state index contributed by atoms with van der Waals surface area (Å²) < 4.78 is 27.4. The molecule has 0 amide bonds. The van der Waals surface area contributed by atoms with Crippen LogP contribution in [-0.2, 0) is 0 Å². The summed E-state index contributed by atoms with van der Waals surface area (Å²) in [4.78, 5) is 2.06. The second-order valence-electron chi connectivity index (χ2n) is 5.81. The lowest BCUT2D eigenvalue weighted by atomic mass is 9.99. The predicted molar refractivity (Wildman–Crippen MR) is 81.6 cm³/mol. The average molecular weight is 303 g/mol. The van der Waals surface area contributed by atoms with Gasteiger partial charge < -0.3 is 5.11 Å². The van der Waals surface area contributed by atoms with Crippen molar-refractivity contribution in [2.75, 3.05) is 19.6 Å². The highest BCUT2D eigenvalue weighted by Crippen LogP contribution is 2.29. The van der Waals surface area contributed by atoms with Gasteiger partial charge in [0, 0.05) is 13.1 Å². The van der Waals surface area contributed by atoms with Gasteiger partial charge in [-0.2, -0.15) is 0 Å². The van der Waals surface area contributed by atoms with Crippen molar-refractivity contribution in [1.82, 2.24) is 4.90 Å². The second kappa shape index (κ2) is 6.55. The standard InChI is InChI=1S/C18H19F2NO/c19-15-7-4-8-16(20)18(15)17(22)12-21-10-9-14(11-21)13-5-2-1-3-6-13/h1-8,14,17,22H,9-12H2. The minimum atomic E-state index is -1.14. The van der Waals surface area contributed by atoms with Gasteiger partial charge in [0.2, 0.25) is 0 Å². The smallest absolute Gasteiger partial charge is 0.131 e. The Labute approximate surface area is 129 Å². The van der Waals surface area contributed by atoms with Gasteiger partial charge in [0.05, 0.1) is 11.7 Å². The SMILES string of the molecule is OC(CN1CCC(c2ccccc2)C1)c1c(F)cccc1F. The molecule has 22 heavy (non-hydrogen) atoms. The highest BCUT2D eigenvalue weighted by atomic mass is 19.1. The second-order valence-corrected chi connectivity index (χ2v) is 5.81. The largest absolute Gasteiger partial charge is 0.387 e. The number of aliphatic hydroxyl groups excluding tert-OH is 1. The van der Waals surface area contributed by atoms with Crippen LogP contribution in [0.5, 0.6) is 0 Å². The zero-order valence-electron chi connectivity index (χ0n) is 12.3. The Kier molecular flexibility index (Phi) is 4.50. The van der Waals surface area contributed by atoms with Crippen molar-refractivity contribution in [3.05, 3.63) is 71.3 Å². The van der Waals surface area contributed by atoms with Gasteiger partial charge in [-0.3, -0.25) is 4.90 Å². The fraction of sp³-hybridized carbons (Fsp3) is 0.333. The molecule has 1 N–H and O–H groups in total. The minimum Gasteiger partial charge on any atom is -0.387 e. The average Bonchev–Trinajstić information content (AvgIpc) is 2.96. The molecule has 0 radical (unpaired) electrons. The van der Waals surface area contributed by atoms with E-state index in [1.807, 2.05) is 18.2 Å². The molecule has 0 aromatic heterocycles. The lowest BCUT2D eigenvalue weighted by Crippen LogP contribution is -2.27. The van der Waals surface area contributed by atoms with E-state index in [0.29, 0.717) is 5.92 Å². The molecule has 1 heterocycles. The lowest BCUT2D eigenvalue weighted by Gasteiger charge is -2.21. The molecule has 0 spiro atoms. The van der Waals surface area contributed by atoms with Gasteiger partial charge in [-0.05, 0) is 36.6 Å². The monoisotopic (exact) mass is 303 g/mol. The molecule has 1 saturated heterocycles. The molecule has 0 aliphatic carbocycles. The third-order valence-electron chi connectivity index (χ3n) is 4.31. The van der Waals surface area contributed by atoms with E-state index in [-0.39, 0.29) is 12.1 Å². The maximum atomic E-state index is 13.7. The molecule has 1 aliphatic heterocycles. The Bertz CT molecular complexity index is 612. The summed E-state index contributed by atoms with van der Waals surface area (Å²) in [7, 11) is 0. The molecule has 2 aromatic rings. The maximum Gasteiger partial charge on any atom is 0.131 e. The van der Waals surface area contributed by atoms with Gasteiger partial charge in [-0.25, -0.2) is 8.78 Å². The highest BCUT2D eigenvalue weighted by Gasteiger charge is 2.27. The van der Waals surface area contributed by atoms with Crippen molar-refractivity contribution in [2.45, 2.75) is 18.4 Å². The van der Waals surface area contributed by atoms with Crippen LogP contribution < -0.4 is 0 Å². The molecule has 2 atom stereocenters. The summed E-state index contributed by atoms with van der Waals surface area (Å²) in [6.45, 7) is 1.88. The first-order valence-corrected chi connectivity index (χ1v) is 7.54. The Hall–Kier alpha value is -1.78. The van der Waals surface area contributed by atoms with Crippen LogP contribution >= 0.6 is 0 Å². The molecule has 0 bridgehead atoms. The fourth-order valence-corrected chi connectivity index (χ4v) is 3.16. The molecule has 2 aromatic carbocycles. The van der Waals surface area contributed by atoms with E-state index in [4.69, 9.17) is 0 Å². The molecular formula is C18H19F2NO. The van der Waals surface area contributed by atoms with Gasteiger partial charge in [0.1, 0.15) is 11.6 Å². The van der Waals surface area contributed by atoms with E-state index in [0.717, 1.165) is 19.5 Å². The van der Waals surface area contributed by atoms with E-state index in [1.165, 1.54) is 23.8 Å². The molecule has 3 rings (SSSR count). The zero-order chi connectivity index (χ0) is 15.5. The Morgan fingerprint density at radius 1 is 1.05 bits per heavy atom. The number of aliphatic hydroxyl groups is 1. The number of halogens is 2. The number of nitrogens with zero attached hydrogens (tertiary/aromatic N) is 1. The third-order valence-corrected chi connectivity index (χ3v) is 4.31. The number of β-amino-alcohol motifs (C(OH)–C–C–N with tert-alkyl or cyclic N) is 1. The van der Waals surface area contributed by atoms with E-state index in [1.54, 1.807) is 0 Å². The van der Waals surface area contributed by atoms with E-state index >= 15 is 0 Å². The topological polar surface area (TPSA) is 23.5 Å². The van der Waals surface area contributed by atoms with Gasteiger partial charge in [-0.1, -0.05) is 36.4 Å². The highest BCUT2D eigenvalue weighted by molar-refractivity contribution is 5.23. The number of rotatable bonds is 4. The summed E-state index contributed by atoms with van der Waals surface area (Å²) in [6, 6.07) is 13.9. The fourth-order valence-electron chi connectivity index (χ4n) is 3.16. The number of hydrogen-bond donors (Lipinski definition) is 1. The van der Waals surface area contributed by atoms with Crippen LogP contribution in [-0.4, -0.2) is 29.6 Å². The first-order valence-electron chi connectivity index (χ1n) is 7.54.